The molecule has 0 atom stereocenters. The van der Waals surface area contributed by atoms with Crippen molar-refractivity contribution in [3.8, 4) is 0 Å². The number of urea groups is 1. The zero-order valence-corrected chi connectivity index (χ0v) is 15.5. The van der Waals surface area contributed by atoms with Crippen molar-refractivity contribution in [2.24, 2.45) is 5.92 Å². The number of anilines is 1. The van der Waals surface area contributed by atoms with E-state index < -0.39 is 41.7 Å². The number of carbonyl (C=O) groups is 4. The number of hydrogen-bond acceptors (Lipinski definition) is 4. The maximum absolute atomic E-state index is 14.0. The molecule has 1 aromatic rings. The van der Waals surface area contributed by atoms with Crippen LogP contribution in [-0.4, -0.2) is 45.9 Å². The minimum absolute atomic E-state index is 0.222. The van der Waals surface area contributed by atoms with Gasteiger partial charge in [0.1, 0.15) is 17.9 Å². The minimum Gasteiger partial charge on any atom is -0.478 e. The second kappa shape index (κ2) is 7.57. The van der Waals surface area contributed by atoms with E-state index in [4.69, 9.17) is 5.11 Å². The summed E-state index contributed by atoms with van der Waals surface area (Å²) in [7, 11) is 0. The number of hydrogen-bond donors (Lipinski definition) is 3. The van der Waals surface area contributed by atoms with Crippen LogP contribution in [0.5, 0.6) is 0 Å². The molecule has 0 aromatic heterocycles. The van der Waals surface area contributed by atoms with Gasteiger partial charge in [0.15, 0.2) is 0 Å². The molecule has 1 aromatic carbocycles. The van der Waals surface area contributed by atoms with E-state index in [1.54, 1.807) is 0 Å². The first kappa shape index (κ1) is 19.8. The molecule has 1 aliphatic heterocycles. The Morgan fingerprint density at radius 2 is 2.00 bits per heavy atom. The number of amides is 4. The van der Waals surface area contributed by atoms with Gasteiger partial charge < -0.3 is 15.7 Å². The lowest BCUT2D eigenvalue weighted by atomic mass is 9.75. The zero-order valence-electron chi connectivity index (χ0n) is 15.5. The fraction of sp³-hybridized carbons (Fsp3) is 0.474. The molecule has 9 heteroatoms. The summed E-state index contributed by atoms with van der Waals surface area (Å²) < 4.78 is 14.0. The van der Waals surface area contributed by atoms with Crippen molar-refractivity contribution in [2.75, 3.05) is 11.9 Å². The second-order valence-corrected chi connectivity index (χ2v) is 7.30. The van der Waals surface area contributed by atoms with Gasteiger partial charge in [-0.1, -0.05) is 13.3 Å². The van der Waals surface area contributed by atoms with E-state index in [-0.39, 0.29) is 11.3 Å². The fourth-order valence-corrected chi connectivity index (χ4v) is 3.82. The predicted molar refractivity (Wildman–Crippen MR) is 97.2 cm³/mol. The third-order valence-electron chi connectivity index (χ3n) is 5.57. The van der Waals surface area contributed by atoms with Crippen LogP contribution in [-0.2, 0) is 9.59 Å². The molecule has 4 amide bonds. The first-order valence-corrected chi connectivity index (χ1v) is 9.22. The lowest BCUT2D eigenvalue weighted by molar-refractivity contribution is -0.135. The van der Waals surface area contributed by atoms with Crippen LogP contribution in [0, 0.1) is 11.7 Å². The molecule has 0 unspecified atom stereocenters. The molecule has 1 heterocycles. The Balaban J connectivity index is 1.65. The van der Waals surface area contributed by atoms with E-state index >= 15 is 0 Å². The third-order valence-corrected chi connectivity index (χ3v) is 5.57. The van der Waals surface area contributed by atoms with Gasteiger partial charge in [-0.3, -0.25) is 14.5 Å². The Kier molecular flexibility index (Phi) is 5.35. The Labute approximate surface area is 161 Å². The molecule has 2 fully saturated rings. The molecule has 1 saturated heterocycles. The van der Waals surface area contributed by atoms with E-state index in [2.05, 4.69) is 17.6 Å². The zero-order chi connectivity index (χ0) is 20.5. The van der Waals surface area contributed by atoms with Gasteiger partial charge >= 0.3 is 12.0 Å². The minimum atomic E-state index is -1.29. The smallest absolute Gasteiger partial charge is 0.335 e. The van der Waals surface area contributed by atoms with Crippen LogP contribution in [0.25, 0.3) is 0 Å². The summed E-state index contributed by atoms with van der Waals surface area (Å²) in [5, 5.41) is 13.8. The molecular weight excluding hydrogens is 369 g/mol. The van der Waals surface area contributed by atoms with E-state index in [0.29, 0.717) is 18.8 Å². The van der Waals surface area contributed by atoms with Crippen LogP contribution in [0.1, 0.15) is 49.4 Å². The summed E-state index contributed by atoms with van der Waals surface area (Å²) in [6.07, 6.45) is 3.78. The molecule has 3 N–H and O–H groups in total. The summed E-state index contributed by atoms with van der Waals surface area (Å²) in [5.74, 6) is -2.85. The number of carbonyl (C=O) groups excluding carboxylic acids is 3. The second-order valence-electron chi connectivity index (χ2n) is 7.30. The summed E-state index contributed by atoms with van der Waals surface area (Å²) in [4.78, 5) is 49.0. The first-order chi connectivity index (χ1) is 13.3. The van der Waals surface area contributed by atoms with Crippen LogP contribution in [0.3, 0.4) is 0 Å². The van der Waals surface area contributed by atoms with Crippen molar-refractivity contribution in [3.63, 3.8) is 0 Å². The molecular formula is C19H22FN3O5. The normalized spacial score (nSPS) is 24.4. The fourth-order valence-electron chi connectivity index (χ4n) is 3.82. The average molecular weight is 391 g/mol. The number of nitrogens with zero attached hydrogens (tertiary/aromatic N) is 1. The summed E-state index contributed by atoms with van der Waals surface area (Å²) in [6, 6.07) is 2.43. The number of aromatic carboxylic acids is 1. The molecule has 1 spiro atoms. The molecule has 1 saturated carbocycles. The number of halogens is 1. The van der Waals surface area contributed by atoms with Gasteiger partial charge in [0.25, 0.3) is 5.91 Å². The number of rotatable bonds is 5. The molecule has 1 aliphatic carbocycles. The maximum atomic E-state index is 14.0. The third kappa shape index (κ3) is 3.69. The van der Waals surface area contributed by atoms with Crippen molar-refractivity contribution >= 4 is 29.5 Å². The SMILES string of the molecule is CCC1CCC2(CC1)NC(=O)N(CC(=O)Nc1ccc(C(=O)O)cc1F)C2=O. The molecule has 2 aliphatic rings. The highest BCUT2D eigenvalue weighted by Crippen LogP contribution is 2.37. The number of imide groups is 1. The highest BCUT2D eigenvalue weighted by Gasteiger charge is 2.52. The topological polar surface area (TPSA) is 116 Å². The average Bonchev–Trinajstić information content (AvgIpc) is 2.88. The van der Waals surface area contributed by atoms with Crippen molar-refractivity contribution in [1.82, 2.24) is 10.2 Å². The Bertz CT molecular complexity index is 833. The number of carboxylic acids is 1. The van der Waals surface area contributed by atoms with Gasteiger partial charge in [-0.05, 0) is 49.8 Å². The lowest BCUT2D eigenvalue weighted by Gasteiger charge is -2.34. The van der Waals surface area contributed by atoms with E-state index in [9.17, 15) is 23.6 Å². The van der Waals surface area contributed by atoms with Gasteiger partial charge in [-0.25, -0.2) is 14.0 Å². The van der Waals surface area contributed by atoms with Crippen molar-refractivity contribution in [2.45, 2.75) is 44.6 Å². The van der Waals surface area contributed by atoms with Gasteiger partial charge in [0.05, 0.1) is 11.3 Å². The summed E-state index contributed by atoms with van der Waals surface area (Å²) in [6.45, 7) is 1.56. The van der Waals surface area contributed by atoms with Crippen LogP contribution < -0.4 is 10.6 Å². The van der Waals surface area contributed by atoms with Crippen LogP contribution in [0.4, 0.5) is 14.9 Å². The van der Waals surface area contributed by atoms with Gasteiger partial charge in [-0.15, -0.1) is 0 Å². The van der Waals surface area contributed by atoms with Crippen molar-refractivity contribution in [1.29, 1.82) is 0 Å². The van der Waals surface area contributed by atoms with Gasteiger partial charge in [0, 0.05) is 0 Å². The van der Waals surface area contributed by atoms with Gasteiger partial charge in [0.2, 0.25) is 5.91 Å². The maximum Gasteiger partial charge on any atom is 0.335 e. The molecule has 0 bridgehead atoms. The monoisotopic (exact) mass is 391 g/mol. The van der Waals surface area contributed by atoms with Crippen molar-refractivity contribution in [3.05, 3.63) is 29.6 Å². The molecule has 28 heavy (non-hydrogen) atoms. The molecule has 150 valence electrons. The summed E-state index contributed by atoms with van der Waals surface area (Å²) >= 11 is 0. The summed E-state index contributed by atoms with van der Waals surface area (Å²) in [5.41, 5.74) is -1.42. The quantitative estimate of drug-likeness (QED) is 0.667. The lowest BCUT2D eigenvalue weighted by Crippen LogP contribution is -2.49. The standard InChI is InChI=1S/C19H22FN3O5/c1-2-11-5-7-19(8-6-11)17(27)23(18(28)22-19)10-15(24)21-14-4-3-12(16(25)26)9-13(14)20/h3-4,9,11H,2,5-8,10H2,1H3,(H,21,24)(H,22,28)(H,25,26). The van der Waals surface area contributed by atoms with Gasteiger partial charge in [-0.2, -0.15) is 0 Å². The molecule has 3 rings (SSSR count). The first-order valence-electron chi connectivity index (χ1n) is 9.22. The van der Waals surface area contributed by atoms with Crippen molar-refractivity contribution < 1.29 is 28.7 Å². The molecule has 0 radical (unpaired) electrons. The number of benzene rings is 1. The highest BCUT2D eigenvalue weighted by atomic mass is 19.1. The van der Waals surface area contributed by atoms with E-state index in [1.165, 1.54) is 0 Å². The largest absolute Gasteiger partial charge is 0.478 e. The predicted octanol–water partition coefficient (Wildman–Crippen LogP) is 2.35. The highest BCUT2D eigenvalue weighted by molar-refractivity contribution is 6.10. The number of nitrogens with one attached hydrogen (secondary N) is 2. The Morgan fingerprint density at radius 1 is 1.32 bits per heavy atom. The van der Waals surface area contributed by atoms with E-state index in [0.717, 1.165) is 42.4 Å². The Hall–Kier alpha value is -2.97. The Morgan fingerprint density at radius 3 is 2.57 bits per heavy atom. The van der Waals surface area contributed by atoms with E-state index in [1.807, 2.05) is 0 Å². The van der Waals surface area contributed by atoms with Crippen LogP contribution in [0.15, 0.2) is 18.2 Å². The molecule has 8 nitrogen and oxygen atoms in total. The van der Waals surface area contributed by atoms with Crippen LogP contribution >= 0.6 is 0 Å². The van der Waals surface area contributed by atoms with Crippen LogP contribution in [0.2, 0.25) is 0 Å². The number of carboxylic acid groups (broad SMARTS) is 1.